The summed E-state index contributed by atoms with van der Waals surface area (Å²) in [5.74, 6) is 0. The van der Waals surface area contributed by atoms with Gasteiger partial charge in [-0.15, -0.1) is 0 Å². The van der Waals surface area contributed by atoms with Crippen LogP contribution in [0.3, 0.4) is 0 Å². The van der Waals surface area contributed by atoms with Crippen molar-refractivity contribution in [2.24, 2.45) is 0 Å². The third kappa shape index (κ3) is 11.4. The van der Waals surface area contributed by atoms with Gasteiger partial charge in [0.05, 0.1) is 0 Å². The van der Waals surface area contributed by atoms with Crippen LogP contribution in [0.15, 0.2) is 0 Å². The maximum atomic E-state index is 7.88. The summed E-state index contributed by atoms with van der Waals surface area (Å²) in [7, 11) is 0. The van der Waals surface area contributed by atoms with E-state index in [1.165, 1.54) is 0 Å². The van der Waals surface area contributed by atoms with Crippen molar-refractivity contribution >= 4 is 31.2 Å². The normalized spacial score (nSPS) is 6.20. The Bertz CT molecular complexity index is 11.6. The summed E-state index contributed by atoms with van der Waals surface area (Å²) >= 11 is 1.93. The van der Waals surface area contributed by atoms with Crippen LogP contribution < -0.4 is 0 Å². The Morgan fingerprint density at radius 3 is 1.80 bits per heavy atom. The van der Waals surface area contributed by atoms with Gasteiger partial charge >= 0.3 is 34.5 Å². The van der Waals surface area contributed by atoms with Crippen molar-refractivity contribution in [2.75, 3.05) is 6.61 Å². The van der Waals surface area contributed by atoms with Gasteiger partial charge in [0.15, 0.2) is 0 Å². The second-order valence-corrected chi connectivity index (χ2v) is 0.724. The van der Waals surface area contributed by atoms with Crippen molar-refractivity contribution in [1.29, 1.82) is 0 Å². The number of rotatable bonds is 1. The molecular weight excluding hydrogens is 79.0 g/mol. The Morgan fingerprint density at radius 2 is 1.80 bits per heavy atom. The van der Waals surface area contributed by atoms with Crippen LogP contribution in [0.2, 0.25) is 5.09 Å². The number of aliphatic hydroxyl groups excluding tert-OH is 1. The molecule has 0 saturated carbocycles. The molecule has 0 saturated heterocycles. The monoisotopic (exact) mass is 86.0 g/mol. The molecule has 0 unspecified atom stereocenters. The van der Waals surface area contributed by atoms with Crippen LogP contribution in [0.25, 0.3) is 0 Å². The van der Waals surface area contributed by atoms with Crippen LogP contribution in [-0.2, 0) is 0 Å². The number of hydrogen-bond donors (Lipinski definition) is 1. The summed E-state index contributed by atoms with van der Waals surface area (Å²) in [6, 6.07) is 0. The van der Waals surface area contributed by atoms with Gasteiger partial charge in [0, 0.05) is 0 Å². The van der Waals surface area contributed by atoms with Gasteiger partial charge in [-0.05, 0) is 0 Å². The molecule has 0 aromatic rings. The van der Waals surface area contributed by atoms with Crippen LogP contribution in [0.1, 0.15) is 0 Å². The fraction of sp³-hybridized carbons (Fsp3) is 1.00. The van der Waals surface area contributed by atoms with Gasteiger partial charge in [-0.1, -0.05) is 0 Å². The molecule has 0 amide bonds. The van der Waals surface area contributed by atoms with E-state index in [2.05, 4.69) is 0 Å². The topological polar surface area (TPSA) is 20.2 Å². The summed E-state index contributed by atoms with van der Waals surface area (Å²) < 4.78 is 0. The molecule has 0 spiro atoms. The maximum absolute atomic E-state index is 7.88. The Morgan fingerprint density at radius 1 is 1.60 bits per heavy atom. The molecular formula is C2H7LiOS. The second kappa shape index (κ2) is 8.86. The fourth-order valence-corrected chi connectivity index (χ4v) is 0. The predicted octanol–water partition coefficient (Wildman–Crippen LogP) is -0.322. The molecule has 5 heavy (non-hydrogen) atoms. The van der Waals surface area contributed by atoms with Crippen LogP contribution in [-0.4, -0.2) is 29.4 Å². The molecule has 0 bridgehead atoms. The Hall–Kier alpha value is 0.907. The summed E-state index contributed by atoms with van der Waals surface area (Å²) in [4.78, 5) is 0. The first kappa shape index (κ1) is 9.32. The first-order valence-corrected chi connectivity index (χ1v) is 1.52. The van der Waals surface area contributed by atoms with E-state index in [1.54, 1.807) is 0 Å². The van der Waals surface area contributed by atoms with Crippen LogP contribution in [0, 0.1) is 0 Å². The summed E-state index contributed by atoms with van der Waals surface area (Å²) in [6.45, 7) is 0.319. The summed E-state index contributed by atoms with van der Waals surface area (Å²) in [5.41, 5.74) is 0. The quantitative estimate of drug-likeness (QED) is 0.433. The van der Waals surface area contributed by atoms with E-state index >= 15 is 0 Å². The fourth-order valence-electron chi connectivity index (χ4n) is 0. The van der Waals surface area contributed by atoms with E-state index in [-0.39, 0.29) is 13.5 Å². The third-order valence-electron chi connectivity index (χ3n) is 0.224. The van der Waals surface area contributed by atoms with Crippen molar-refractivity contribution in [3.05, 3.63) is 0 Å². The van der Waals surface area contributed by atoms with Gasteiger partial charge in [0.2, 0.25) is 0 Å². The molecule has 0 heterocycles. The SMILES string of the molecule is S.[Li][CH2]CO. The zero-order chi connectivity index (χ0) is 3.41. The van der Waals surface area contributed by atoms with Gasteiger partial charge < -0.3 is 0 Å². The van der Waals surface area contributed by atoms with Crippen molar-refractivity contribution in [1.82, 2.24) is 0 Å². The average Bonchev–Trinajstić information content (AvgIpc) is 1.37. The first-order chi connectivity index (χ1) is 1.91. The first-order valence-electron chi connectivity index (χ1n) is 1.52. The van der Waals surface area contributed by atoms with E-state index in [9.17, 15) is 0 Å². The molecule has 0 aromatic carbocycles. The van der Waals surface area contributed by atoms with Gasteiger partial charge in [0.1, 0.15) is 0 Å². The molecule has 3 heteroatoms. The van der Waals surface area contributed by atoms with Crippen LogP contribution in [0.5, 0.6) is 0 Å². The molecule has 28 valence electrons. The molecule has 0 aromatic heterocycles. The minimum atomic E-state index is 0. The predicted molar refractivity (Wildman–Crippen MR) is 28.0 cm³/mol. The minimum absolute atomic E-state index is 0. The van der Waals surface area contributed by atoms with Gasteiger partial charge in [-0.25, -0.2) is 0 Å². The molecule has 0 aliphatic heterocycles. The molecule has 0 rings (SSSR count). The van der Waals surface area contributed by atoms with Crippen molar-refractivity contribution in [3.8, 4) is 0 Å². The van der Waals surface area contributed by atoms with E-state index < -0.39 is 0 Å². The van der Waals surface area contributed by atoms with E-state index in [0.29, 0.717) is 6.61 Å². The van der Waals surface area contributed by atoms with Crippen molar-refractivity contribution in [2.45, 2.75) is 5.09 Å². The molecule has 0 fully saturated rings. The zero-order valence-electron chi connectivity index (χ0n) is 3.36. The Kier molecular flexibility index (Phi) is 16.5. The molecule has 0 atom stereocenters. The molecule has 1 N–H and O–H groups in total. The van der Waals surface area contributed by atoms with Crippen molar-refractivity contribution in [3.63, 3.8) is 0 Å². The average molecular weight is 86.1 g/mol. The molecule has 0 aliphatic rings. The van der Waals surface area contributed by atoms with E-state index in [0.717, 1.165) is 5.09 Å². The van der Waals surface area contributed by atoms with E-state index in [1.807, 2.05) is 17.7 Å². The standard InChI is InChI=1S/C2H5O.Li.H2S/c1-2-3;;/h3H,1-2H2;;1H2. The van der Waals surface area contributed by atoms with Gasteiger partial charge in [0.25, 0.3) is 0 Å². The number of aliphatic hydroxyl groups is 1. The van der Waals surface area contributed by atoms with Crippen molar-refractivity contribution < 1.29 is 5.11 Å². The van der Waals surface area contributed by atoms with Gasteiger partial charge in [-0.2, -0.15) is 13.5 Å². The molecule has 0 radical (unpaired) electrons. The Labute approximate surface area is 48.4 Å². The Balaban J connectivity index is 0. The van der Waals surface area contributed by atoms with E-state index in [4.69, 9.17) is 5.11 Å². The second-order valence-electron chi connectivity index (χ2n) is 0.724. The van der Waals surface area contributed by atoms with Gasteiger partial charge in [-0.3, -0.25) is 0 Å². The molecule has 0 aliphatic carbocycles. The van der Waals surface area contributed by atoms with Crippen LogP contribution >= 0.6 is 13.5 Å². The zero-order valence-corrected chi connectivity index (χ0v) is 4.36. The van der Waals surface area contributed by atoms with Crippen LogP contribution in [0.4, 0.5) is 0 Å². The molecule has 1 nitrogen and oxygen atoms in total. The summed E-state index contributed by atoms with van der Waals surface area (Å²) in [6.07, 6.45) is 0. The third-order valence-corrected chi connectivity index (χ3v) is 0.224. The summed E-state index contributed by atoms with van der Waals surface area (Å²) in [5, 5.41) is 8.75. The number of hydrogen-bond acceptors (Lipinski definition) is 1.